The molecule has 0 amide bonds. The Morgan fingerprint density at radius 2 is 1.54 bits per heavy atom. The molecule has 1 heterocycles. The molecule has 3 heteroatoms. The van der Waals surface area contributed by atoms with Crippen molar-refractivity contribution in [2.45, 2.75) is 77.3 Å². The second-order valence-corrected chi connectivity index (χ2v) is 7.42. The average Bonchev–Trinajstić information content (AvgIpc) is 2.67. The summed E-state index contributed by atoms with van der Waals surface area (Å²) in [6, 6.07) is 8.42. The zero-order valence-corrected chi connectivity index (χ0v) is 16.7. The summed E-state index contributed by atoms with van der Waals surface area (Å²) in [6.45, 7) is 5.19. The number of ether oxygens (including phenoxy) is 1. The minimum atomic E-state index is 0.00525. The van der Waals surface area contributed by atoms with Crippen LogP contribution in [-0.2, 0) is 4.74 Å². The third-order valence-electron chi connectivity index (χ3n) is 5.21. The van der Waals surface area contributed by atoms with Gasteiger partial charge in [0.15, 0.2) is 0 Å². The average molecular weight is 359 g/mol. The molecule has 2 N–H and O–H groups in total. The molecular formula is C23H38N2O. The van der Waals surface area contributed by atoms with E-state index in [-0.39, 0.29) is 6.17 Å². The van der Waals surface area contributed by atoms with Gasteiger partial charge >= 0.3 is 0 Å². The molecule has 1 aliphatic rings. The highest BCUT2D eigenvalue weighted by Crippen LogP contribution is 2.26. The summed E-state index contributed by atoms with van der Waals surface area (Å²) in [5, 5.41) is 0. The van der Waals surface area contributed by atoms with Crippen molar-refractivity contribution in [1.82, 2.24) is 4.90 Å². The van der Waals surface area contributed by atoms with Crippen molar-refractivity contribution in [2.75, 3.05) is 19.8 Å². The van der Waals surface area contributed by atoms with E-state index in [9.17, 15) is 0 Å². The molecular weight excluding hydrogens is 320 g/mol. The maximum Gasteiger partial charge on any atom is 0.103 e. The first kappa shape index (κ1) is 21.0. The summed E-state index contributed by atoms with van der Waals surface area (Å²) < 4.78 is 5.70. The Morgan fingerprint density at radius 3 is 2.31 bits per heavy atom. The molecule has 0 spiro atoms. The van der Waals surface area contributed by atoms with E-state index in [1.807, 2.05) is 0 Å². The van der Waals surface area contributed by atoms with Gasteiger partial charge in [-0.3, -0.25) is 0 Å². The van der Waals surface area contributed by atoms with Crippen LogP contribution in [0, 0.1) is 0 Å². The van der Waals surface area contributed by atoms with E-state index >= 15 is 0 Å². The first-order chi connectivity index (χ1) is 12.8. The van der Waals surface area contributed by atoms with Crippen molar-refractivity contribution in [1.29, 1.82) is 0 Å². The van der Waals surface area contributed by atoms with Crippen LogP contribution in [0.15, 0.2) is 30.5 Å². The predicted octanol–water partition coefficient (Wildman–Crippen LogP) is 5.87. The Kier molecular flexibility index (Phi) is 10.4. The number of hydrogen-bond donors (Lipinski definition) is 1. The van der Waals surface area contributed by atoms with Gasteiger partial charge in [-0.2, -0.15) is 0 Å². The van der Waals surface area contributed by atoms with Gasteiger partial charge in [0.05, 0.1) is 0 Å². The number of nitrogens with two attached hydrogens (primary N) is 1. The molecule has 0 fully saturated rings. The van der Waals surface area contributed by atoms with Crippen LogP contribution in [0.5, 0.6) is 0 Å². The van der Waals surface area contributed by atoms with Gasteiger partial charge in [-0.15, -0.1) is 0 Å². The second kappa shape index (κ2) is 12.9. The molecule has 0 saturated carbocycles. The summed E-state index contributed by atoms with van der Waals surface area (Å²) in [4.78, 5) is 2.27. The second-order valence-electron chi connectivity index (χ2n) is 7.42. The Morgan fingerprint density at radius 1 is 0.885 bits per heavy atom. The predicted molar refractivity (Wildman–Crippen MR) is 112 cm³/mol. The Hall–Kier alpha value is -1.32. The lowest BCUT2D eigenvalue weighted by atomic mass is 10.0. The van der Waals surface area contributed by atoms with Crippen molar-refractivity contribution >= 4 is 6.08 Å². The van der Waals surface area contributed by atoms with Crippen molar-refractivity contribution < 1.29 is 4.74 Å². The van der Waals surface area contributed by atoms with Crippen LogP contribution >= 0.6 is 0 Å². The molecule has 1 unspecified atom stereocenters. The fraction of sp³-hybridized carbons (Fsp3) is 0.652. The monoisotopic (exact) mass is 358 g/mol. The molecule has 0 aromatic heterocycles. The first-order valence-electron chi connectivity index (χ1n) is 10.7. The normalized spacial score (nSPS) is 16.1. The molecule has 1 aromatic carbocycles. The van der Waals surface area contributed by atoms with Crippen LogP contribution in [0.1, 0.15) is 88.4 Å². The summed E-state index contributed by atoms with van der Waals surface area (Å²) >= 11 is 0. The quantitative estimate of drug-likeness (QED) is 0.423. The Bertz CT molecular complexity index is 515. The van der Waals surface area contributed by atoms with Crippen molar-refractivity contribution in [3.05, 3.63) is 41.6 Å². The third kappa shape index (κ3) is 7.51. The van der Waals surface area contributed by atoms with Crippen LogP contribution in [-0.4, -0.2) is 24.7 Å². The van der Waals surface area contributed by atoms with E-state index in [1.54, 1.807) is 0 Å². The lowest BCUT2D eigenvalue weighted by Gasteiger charge is -2.32. The van der Waals surface area contributed by atoms with Gasteiger partial charge < -0.3 is 15.4 Å². The highest BCUT2D eigenvalue weighted by Gasteiger charge is 2.18. The minimum Gasteiger partial charge on any atom is -0.381 e. The molecule has 1 atom stereocenters. The number of fused-ring (bicyclic) bond motifs is 1. The van der Waals surface area contributed by atoms with Crippen LogP contribution in [0.4, 0.5) is 0 Å². The largest absolute Gasteiger partial charge is 0.381 e. The van der Waals surface area contributed by atoms with Gasteiger partial charge in [0.2, 0.25) is 0 Å². The summed E-state index contributed by atoms with van der Waals surface area (Å²) in [6.07, 6.45) is 17.2. The maximum atomic E-state index is 6.40. The van der Waals surface area contributed by atoms with Gasteiger partial charge in [-0.1, -0.05) is 76.1 Å². The summed E-state index contributed by atoms with van der Waals surface area (Å²) in [5.74, 6) is 0. The minimum absolute atomic E-state index is 0.00525. The van der Waals surface area contributed by atoms with Crippen molar-refractivity contribution in [3.63, 3.8) is 0 Å². The van der Waals surface area contributed by atoms with Crippen molar-refractivity contribution in [3.8, 4) is 0 Å². The Balaban J connectivity index is 1.43. The SMILES string of the molecule is CCCCCCOCCCCCCCCN1C=Cc2ccccc2C1N. The maximum absolute atomic E-state index is 6.40. The molecule has 0 radical (unpaired) electrons. The van der Waals surface area contributed by atoms with E-state index in [0.29, 0.717) is 0 Å². The van der Waals surface area contributed by atoms with E-state index in [0.717, 1.165) is 19.8 Å². The van der Waals surface area contributed by atoms with Gasteiger partial charge in [0, 0.05) is 26.0 Å². The van der Waals surface area contributed by atoms with E-state index in [2.05, 4.69) is 48.4 Å². The van der Waals surface area contributed by atoms with Crippen LogP contribution < -0.4 is 5.73 Å². The zero-order chi connectivity index (χ0) is 18.5. The van der Waals surface area contributed by atoms with Crippen LogP contribution in [0.25, 0.3) is 6.08 Å². The molecule has 3 nitrogen and oxygen atoms in total. The Labute approximate surface area is 160 Å². The van der Waals surface area contributed by atoms with Gasteiger partial charge in [0.25, 0.3) is 0 Å². The standard InChI is InChI=1S/C23H38N2O/c1-2-3-4-12-19-26-20-13-8-6-5-7-11-17-25-18-16-21-14-9-10-15-22(21)23(25)24/h9-10,14-16,18,23H,2-8,11-13,17,19-20,24H2,1H3. The number of nitrogens with zero attached hydrogens (tertiary/aromatic N) is 1. The molecule has 26 heavy (non-hydrogen) atoms. The summed E-state index contributed by atoms with van der Waals surface area (Å²) in [5.41, 5.74) is 8.89. The molecule has 0 aliphatic carbocycles. The zero-order valence-electron chi connectivity index (χ0n) is 16.7. The molecule has 0 bridgehead atoms. The molecule has 146 valence electrons. The molecule has 1 aliphatic heterocycles. The number of unbranched alkanes of at least 4 members (excludes halogenated alkanes) is 8. The van der Waals surface area contributed by atoms with Gasteiger partial charge in [0.1, 0.15) is 6.17 Å². The fourth-order valence-corrected chi connectivity index (χ4v) is 3.53. The van der Waals surface area contributed by atoms with Crippen LogP contribution in [0.3, 0.4) is 0 Å². The van der Waals surface area contributed by atoms with Gasteiger partial charge in [-0.05, 0) is 36.5 Å². The molecule has 2 rings (SSSR count). The fourth-order valence-electron chi connectivity index (χ4n) is 3.53. The number of hydrogen-bond acceptors (Lipinski definition) is 3. The molecule has 0 saturated heterocycles. The smallest absolute Gasteiger partial charge is 0.103 e. The van der Waals surface area contributed by atoms with Crippen LogP contribution in [0.2, 0.25) is 0 Å². The highest BCUT2D eigenvalue weighted by atomic mass is 16.5. The number of rotatable bonds is 14. The molecule has 1 aromatic rings. The third-order valence-corrected chi connectivity index (χ3v) is 5.21. The summed E-state index contributed by atoms with van der Waals surface area (Å²) in [7, 11) is 0. The van der Waals surface area contributed by atoms with E-state index < -0.39 is 0 Å². The topological polar surface area (TPSA) is 38.5 Å². The van der Waals surface area contributed by atoms with E-state index in [1.165, 1.54) is 75.3 Å². The van der Waals surface area contributed by atoms with Gasteiger partial charge in [-0.25, -0.2) is 0 Å². The first-order valence-corrected chi connectivity index (χ1v) is 10.7. The lowest BCUT2D eigenvalue weighted by Crippen LogP contribution is -2.33. The number of benzene rings is 1. The highest BCUT2D eigenvalue weighted by molar-refractivity contribution is 5.56. The van der Waals surface area contributed by atoms with E-state index in [4.69, 9.17) is 10.5 Å². The lowest BCUT2D eigenvalue weighted by molar-refractivity contribution is 0.125. The van der Waals surface area contributed by atoms with Crippen molar-refractivity contribution in [2.24, 2.45) is 5.73 Å².